The van der Waals surface area contributed by atoms with E-state index in [4.69, 9.17) is 0 Å². The Labute approximate surface area is 160 Å². The molecule has 27 heavy (non-hydrogen) atoms. The maximum atomic E-state index is 13.0. The molecule has 144 valence electrons. The number of aromatic nitrogens is 2. The van der Waals surface area contributed by atoms with Crippen LogP contribution < -0.4 is 0 Å². The topological polar surface area (TPSA) is 69.2 Å². The van der Waals surface area contributed by atoms with Gasteiger partial charge in [-0.3, -0.25) is 9.89 Å². The molecule has 1 aliphatic heterocycles. The molecule has 0 atom stereocenters. The van der Waals surface area contributed by atoms with Crippen molar-refractivity contribution in [1.82, 2.24) is 15.1 Å². The lowest BCUT2D eigenvalue weighted by atomic mass is 9.80. The number of H-pyrrole nitrogens is 1. The van der Waals surface area contributed by atoms with Crippen LogP contribution in [-0.2, 0) is 19.4 Å². The minimum Gasteiger partial charge on any atom is -0.390 e. The summed E-state index contributed by atoms with van der Waals surface area (Å²) in [5.41, 5.74) is 4.87. The zero-order valence-corrected chi connectivity index (χ0v) is 16.3. The molecule has 0 radical (unpaired) electrons. The zero-order chi connectivity index (χ0) is 19.0. The van der Waals surface area contributed by atoms with Gasteiger partial charge in [-0.15, -0.1) is 0 Å². The Kier molecular flexibility index (Phi) is 4.81. The molecule has 1 aromatic carbocycles. The van der Waals surface area contributed by atoms with Crippen molar-refractivity contribution in [2.75, 3.05) is 6.54 Å². The molecule has 5 heteroatoms. The third kappa shape index (κ3) is 3.93. The average molecular weight is 367 g/mol. The minimum atomic E-state index is -0.664. The first kappa shape index (κ1) is 18.2. The number of hydrogen-bond acceptors (Lipinski definition) is 3. The van der Waals surface area contributed by atoms with Gasteiger partial charge in [0.1, 0.15) is 0 Å². The van der Waals surface area contributed by atoms with E-state index in [-0.39, 0.29) is 5.91 Å². The van der Waals surface area contributed by atoms with E-state index in [0.29, 0.717) is 18.9 Å². The molecule has 0 unspecified atom stereocenters. The predicted molar refractivity (Wildman–Crippen MR) is 105 cm³/mol. The molecule has 1 aliphatic carbocycles. The molecule has 1 fully saturated rings. The number of carbonyl (C=O) groups excluding carboxylic acids is 1. The third-order valence-corrected chi connectivity index (χ3v) is 5.97. The van der Waals surface area contributed by atoms with Gasteiger partial charge < -0.3 is 10.0 Å². The number of aliphatic hydroxyl groups is 1. The van der Waals surface area contributed by atoms with Gasteiger partial charge in [-0.2, -0.15) is 5.10 Å². The summed E-state index contributed by atoms with van der Waals surface area (Å²) in [6.07, 6.45) is 6.10. The van der Waals surface area contributed by atoms with Crippen LogP contribution in [0.5, 0.6) is 0 Å². The van der Waals surface area contributed by atoms with Gasteiger partial charge >= 0.3 is 0 Å². The first-order valence-corrected chi connectivity index (χ1v) is 10.1. The van der Waals surface area contributed by atoms with Gasteiger partial charge in [0.25, 0.3) is 5.91 Å². The van der Waals surface area contributed by atoms with Crippen LogP contribution in [-0.4, -0.2) is 38.3 Å². The standard InChI is InChI=1S/C22H29N3O2/c1-22(2,27)12-10-15-6-8-17(9-7-15)21(26)25-13-11-19-18(14-25)20(24-23-19)16-4-3-5-16/h6-9,16,27H,3-5,10-14H2,1-2H3,(H,23,24). The molecular weight excluding hydrogens is 338 g/mol. The van der Waals surface area contributed by atoms with E-state index in [1.54, 1.807) is 0 Å². The van der Waals surface area contributed by atoms with Crippen LogP contribution in [0.25, 0.3) is 0 Å². The van der Waals surface area contributed by atoms with Crippen molar-refractivity contribution >= 4 is 5.91 Å². The second-order valence-electron chi connectivity index (χ2n) is 8.68. The number of hydrogen-bond donors (Lipinski definition) is 2. The number of rotatable bonds is 5. The van der Waals surface area contributed by atoms with Gasteiger partial charge in [-0.1, -0.05) is 18.6 Å². The number of benzene rings is 1. The maximum absolute atomic E-state index is 13.0. The fraction of sp³-hybridized carbons (Fsp3) is 0.545. The Morgan fingerprint density at radius 1 is 1.30 bits per heavy atom. The van der Waals surface area contributed by atoms with Crippen molar-refractivity contribution in [1.29, 1.82) is 0 Å². The van der Waals surface area contributed by atoms with E-state index in [1.165, 1.54) is 36.2 Å². The lowest BCUT2D eigenvalue weighted by molar-refractivity contribution is 0.0710. The number of fused-ring (bicyclic) bond motifs is 1. The van der Waals surface area contributed by atoms with E-state index >= 15 is 0 Å². The number of amides is 1. The minimum absolute atomic E-state index is 0.0930. The summed E-state index contributed by atoms with van der Waals surface area (Å²) in [5, 5.41) is 17.6. The largest absolute Gasteiger partial charge is 0.390 e. The summed E-state index contributed by atoms with van der Waals surface area (Å²) < 4.78 is 0. The van der Waals surface area contributed by atoms with Gasteiger partial charge in [-0.25, -0.2) is 0 Å². The summed E-state index contributed by atoms with van der Waals surface area (Å²) in [7, 11) is 0. The molecule has 0 saturated heterocycles. The van der Waals surface area contributed by atoms with E-state index < -0.39 is 5.60 Å². The van der Waals surface area contributed by atoms with Crippen LogP contribution in [0.4, 0.5) is 0 Å². The Balaban J connectivity index is 1.43. The van der Waals surface area contributed by atoms with Gasteiger partial charge in [0.2, 0.25) is 0 Å². The quantitative estimate of drug-likeness (QED) is 0.849. The molecule has 0 bridgehead atoms. The summed E-state index contributed by atoms with van der Waals surface area (Å²) >= 11 is 0. The molecule has 2 aromatic rings. The lowest BCUT2D eigenvalue weighted by Crippen LogP contribution is -2.36. The van der Waals surface area contributed by atoms with Crippen molar-refractivity contribution < 1.29 is 9.90 Å². The molecule has 4 rings (SSSR count). The number of aryl methyl sites for hydroxylation is 1. The SMILES string of the molecule is CC(C)(O)CCc1ccc(C(=O)N2CCc3[nH]nc(C4CCC4)c3C2)cc1. The van der Waals surface area contributed by atoms with Crippen molar-refractivity contribution in [3.05, 3.63) is 52.3 Å². The molecule has 1 saturated carbocycles. The first-order chi connectivity index (χ1) is 12.9. The molecule has 2 N–H and O–H groups in total. The molecule has 1 amide bonds. The van der Waals surface area contributed by atoms with Gasteiger partial charge in [0.05, 0.1) is 11.3 Å². The average Bonchev–Trinajstić information content (AvgIpc) is 3.01. The molecule has 0 spiro atoms. The number of carbonyl (C=O) groups is 1. The van der Waals surface area contributed by atoms with E-state index in [2.05, 4.69) is 10.2 Å². The third-order valence-electron chi connectivity index (χ3n) is 5.97. The Bertz CT molecular complexity index is 813. The number of nitrogens with one attached hydrogen (secondary N) is 1. The second kappa shape index (κ2) is 7.12. The summed E-state index contributed by atoms with van der Waals surface area (Å²) in [6, 6.07) is 7.84. The van der Waals surface area contributed by atoms with Crippen molar-refractivity contribution in [2.24, 2.45) is 0 Å². The molecule has 1 aromatic heterocycles. The smallest absolute Gasteiger partial charge is 0.254 e. The predicted octanol–water partition coefficient (Wildman–Crippen LogP) is 3.58. The van der Waals surface area contributed by atoms with Crippen LogP contribution in [0, 0.1) is 0 Å². The van der Waals surface area contributed by atoms with Gasteiger partial charge in [0.15, 0.2) is 0 Å². The van der Waals surface area contributed by atoms with Crippen LogP contribution in [0.2, 0.25) is 0 Å². The zero-order valence-electron chi connectivity index (χ0n) is 16.3. The molecule has 2 aliphatic rings. The maximum Gasteiger partial charge on any atom is 0.254 e. The first-order valence-electron chi connectivity index (χ1n) is 10.1. The van der Waals surface area contributed by atoms with Crippen LogP contribution in [0.1, 0.15) is 78.3 Å². The fourth-order valence-corrected chi connectivity index (χ4v) is 3.96. The van der Waals surface area contributed by atoms with E-state index in [1.807, 2.05) is 43.0 Å². The lowest BCUT2D eigenvalue weighted by Gasteiger charge is -2.30. The highest BCUT2D eigenvalue weighted by Crippen LogP contribution is 2.39. The number of nitrogens with zero attached hydrogens (tertiary/aromatic N) is 2. The summed E-state index contributed by atoms with van der Waals surface area (Å²) in [6.45, 7) is 5.04. The normalized spacial score (nSPS) is 17.5. The van der Waals surface area contributed by atoms with Gasteiger partial charge in [-0.05, 0) is 57.2 Å². The second-order valence-corrected chi connectivity index (χ2v) is 8.68. The number of aromatic amines is 1. The Morgan fingerprint density at radius 2 is 2.04 bits per heavy atom. The monoisotopic (exact) mass is 367 g/mol. The summed E-state index contributed by atoms with van der Waals surface area (Å²) in [4.78, 5) is 14.9. The Hall–Kier alpha value is -2.14. The van der Waals surface area contributed by atoms with Gasteiger partial charge in [0, 0.05) is 42.2 Å². The highest BCUT2D eigenvalue weighted by Gasteiger charge is 2.31. The highest BCUT2D eigenvalue weighted by atomic mass is 16.3. The highest BCUT2D eigenvalue weighted by molar-refractivity contribution is 5.94. The van der Waals surface area contributed by atoms with E-state index in [0.717, 1.165) is 30.5 Å². The van der Waals surface area contributed by atoms with Crippen LogP contribution >= 0.6 is 0 Å². The van der Waals surface area contributed by atoms with E-state index in [9.17, 15) is 9.90 Å². The Morgan fingerprint density at radius 3 is 2.67 bits per heavy atom. The van der Waals surface area contributed by atoms with Crippen LogP contribution in [0.15, 0.2) is 24.3 Å². The molecule has 2 heterocycles. The van der Waals surface area contributed by atoms with Crippen molar-refractivity contribution in [3.63, 3.8) is 0 Å². The van der Waals surface area contributed by atoms with Crippen molar-refractivity contribution in [3.8, 4) is 0 Å². The van der Waals surface area contributed by atoms with Crippen LogP contribution in [0.3, 0.4) is 0 Å². The van der Waals surface area contributed by atoms with Crippen molar-refractivity contribution in [2.45, 2.75) is 70.4 Å². The molecular formula is C22H29N3O2. The summed E-state index contributed by atoms with van der Waals surface area (Å²) in [5.74, 6) is 0.672. The fourth-order valence-electron chi connectivity index (χ4n) is 3.96. The molecule has 5 nitrogen and oxygen atoms in total.